The third-order valence-corrected chi connectivity index (χ3v) is 2.90. The molecule has 0 bridgehead atoms. The van der Waals surface area contributed by atoms with Crippen molar-refractivity contribution in [1.82, 2.24) is 4.90 Å². The number of halogens is 1. The fraction of sp³-hybridized carbons (Fsp3) is 0.333. The lowest BCUT2D eigenvalue weighted by Gasteiger charge is -2.19. The van der Waals surface area contributed by atoms with Crippen molar-refractivity contribution in [1.29, 1.82) is 5.26 Å². The molecule has 0 aliphatic heterocycles. The molecular weight excluding hydrogens is 268 g/mol. The quantitative estimate of drug-likeness (QED) is 0.853. The number of benzene rings is 1. The Balaban J connectivity index is 2.69. The zero-order chi connectivity index (χ0) is 12.1. The fourth-order valence-corrected chi connectivity index (χ4v) is 1.70. The second kappa shape index (κ2) is 5.66. The summed E-state index contributed by atoms with van der Waals surface area (Å²) in [5.41, 5.74) is 0.941. The molecule has 0 radical (unpaired) electrons. The van der Waals surface area contributed by atoms with Gasteiger partial charge in [0.25, 0.3) is 0 Å². The molecule has 0 fully saturated rings. The van der Waals surface area contributed by atoms with Gasteiger partial charge in [-0.05, 0) is 24.6 Å². The third-order valence-electron chi connectivity index (χ3n) is 2.41. The first-order chi connectivity index (χ1) is 7.54. The van der Waals surface area contributed by atoms with Crippen LogP contribution in [0.1, 0.15) is 12.5 Å². The number of carbonyl (C=O) groups is 1. The summed E-state index contributed by atoms with van der Waals surface area (Å²) in [7, 11) is 1.65. The van der Waals surface area contributed by atoms with Gasteiger partial charge in [0, 0.05) is 11.5 Å². The van der Waals surface area contributed by atoms with E-state index in [9.17, 15) is 4.79 Å². The predicted molar refractivity (Wildman–Crippen MR) is 65.7 cm³/mol. The Hall–Kier alpha value is -1.34. The molecule has 3 nitrogen and oxygen atoms in total. The minimum atomic E-state index is -0.389. The first-order valence-electron chi connectivity index (χ1n) is 4.94. The molecule has 4 heteroatoms. The molecule has 1 amide bonds. The highest BCUT2D eigenvalue weighted by Gasteiger charge is 2.15. The van der Waals surface area contributed by atoms with Crippen LogP contribution in [0.2, 0.25) is 0 Å². The van der Waals surface area contributed by atoms with Crippen LogP contribution in [-0.2, 0) is 11.2 Å². The van der Waals surface area contributed by atoms with Crippen molar-refractivity contribution >= 4 is 21.8 Å². The Labute approximate surface area is 104 Å². The van der Waals surface area contributed by atoms with Crippen LogP contribution < -0.4 is 0 Å². The number of rotatable bonds is 3. The molecule has 16 heavy (non-hydrogen) atoms. The molecule has 1 unspecified atom stereocenters. The maximum atomic E-state index is 11.8. The van der Waals surface area contributed by atoms with Crippen molar-refractivity contribution in [2.45, 2.75) is 19.4 Å². The topological polar surface area (TPSA) is 44.1 Å². The average Bonchev–Trinajstić information content (AvgIpc) is 2.27. The zero-order valence-corrected chi connectivity index (χ0v) is 10.9. The summed E-state index contributed by atoms with van der Waals surface area (Å²) in [6.07, 6.45) is 0.321. The van der Waals surface area contributed by atoms with Gasteiger partial charge in [-0.3, -0.25) is 4.79 Å². The van der Waals surface area contributed by atoms with Gasteiger partial charge in [-0.2, -0.15) is 5.26 Å². The largest absolute Gasteiger partial charge is 0.330 e. The van der Waals surface area contributed by atoms with Crippen LogP contribution in [0.25, 0.3) is 0 Å². The fourth-order valence-electron chi connectivity index (χ4n) is 1.25. The second-order valence-corrected chi connectivity index (χ2v) is 4.53. The van der Waals surface area contributed by atoms with E-state index in [-0.39, 0.29) is 11.9 Å². The number of nitrogens with zero attached hydrogens (tertiary/aromatic N) is 2. The molecular formula is C12H13BrN2O. The van der Waals surface area contributed by atoms with Crippen LogP contribution in [0, 0.1) is 11.3 Å². The third kappa shape index (κ3) is 3.35. The molecule has 0 N–H and O–H groups in total. The molecule has 1 aromatic rings. The first kappa shape index (κ1) is 12.7. The molecule has 1 rings (SSSR count). The Bertz CT molecular complexity index is 425. The number of carbonyl (C=O) groups excluding carboxylic acids is 1. The highest BCUT2D eigenvalue weighted by atomic mass is 79.9. The Morgan fingerprint density at radius 2 is 2.31 bits per heavy atom. The van der Waals surface area contributed by atoms with Gasteiger partial charge in [-0.25, -0.2) is 0 Å². The van der Waals surface area contributed by atoms with E-state index in [1.807, 2.05) is 30.3 Å². The molecule has 0 aliphatic carbocycles. The molecule has 1 atom stereocenters. The standard InChI is InChI=1S/C12H13BrN2O/c1-9(8-14)15(2)12(16)7-10-4-3-5-11(13)6-10/h3-6,9H,7H2,1-2H3. The van der Waals surface area contributed by atoms with Crippen LogP contribution in [0.5, 0.6) is 0 Å². The number of likely N-dealkylation sites (N-methyl/N-ethyl adjacent to an activating group) is 1. The summed E-state index contributed by atoms with van der Waals surface area (Å²) in [6.45, 7) is 1.71. The van der Waals surface area contributed by atoms with Crippen LogP contribution in [0.15, 0.2) is 28.7 Å². The van der Waals surface area contributed by atoms with Gasteiger partial charge in [-0.1, -0.05) is 28.1 Å². The molecule has 0 heterocycles. The molecule has 0 saturated carbocycles. The Kier molecular flexibility index (Phi) is 4.51. The van der Waals surface area contributed by atoms with Crippen LogP contribution in [0.4, 0.5) is 0 Å². The summed E-state index contributed by atoms with van der Waals surface area (Å²) in [4.78, 5) is 13.2. The van der Waals surface area contributed by atoms with Crippen LogP contribution >= 0.6 is 15.9 Å². The lowest BCUT2D eigenvalue weighted by Crippen LogP contribution is -2.35. The van der Waals surface area contributed by atoms with Gasteiger partial charge in [-0.15, -0.1) is 0 Å². The van der Waals surface area contributed by atoms with Crippen molar-refractivity contribution in [2.24, 2.45) is 0 Å². The number of amides is 1. The summed E-state index contributed by atoms with van der Waals surface area (Å²) >= 11 is 3.35. The van der Waals surface area contributed by atoms with Gasteiger partial charge in [0.2, 0.25) is 5.91 Å². The minimum Gasteiger partial charge on any atom is -0.330 e. The molecule has 84 valence electrons. The number of hydrogen-bond acceptors (Lipinski definition) is 2. The lowest BCUT2D eigenvalue weighted by atomic mass is 10.1. The molecule has 0 aliphatic rings. The van der Waals surface area contributed by atoms with E-state index in [1.54, 1.807) is 14.0 Å². The maximum absolute atomic E-state index is 11.8. The SMILES string of the molecule is CC(C#N)N(C)C(=O)Cc1cccc(Br)c1. The van der Waals surface area contributed by atoms with Gasteiger partial charge in [0.1, 0.15) is 6.04 Å². The van der Waals surface area contributed by atoms with Crippen LogP contribution in [0.3, 0.4) is 0 Å². The van der Waals surface area contributed by atoms with Gasteiger partial charge >= 0.3 is 0 Å². The molecule has 0 saturated heterocycles. The van der Waals surface area contributed by atoms with E-state index in [1.165, 1.54) is 4.90 Å². The zero-order valence-electron chi connectivity index (χ0n) is 9.27. The van der Waals surface area contributed by atoms with Crippen molar-refractivity contribution < 1.29 is 4.79 Å². The minimum absolute atomic E-state index is 0.0489. The average molecular weight is 281 g/mol. The highest BCUT2D eigenvalue weighted by Crippen LogP contribution is 2.13. The Morgan fingerprint density at radius 1 is 1.62 bits per heavy atom. The number of hydrogen-bond donors (Lipinski definition) is 0. The monoisotopic (exact) mass is 280 g/mol. The normalized spacial score (nSPS) is 11.6. The van der Waals surface area contributed by atoms with E-state index < -0.39 is 0 Å². The highest BCUT2D eigenvalue weighted by molar-refractivity contribution is 9.10. The van der Waals surface area contributed by atoms with Crippen molar-refractivity contribution in [3.63, 3.8) is 0 Å². The summed E-state index contributed by atoms with van der Waals surface area (Å²) in [6, 6.07) is 9.25. The van der Waals surface area contributed by atoms with Crippen molar-refractivity contribution in [2.75, 3.05) is 7.05 Å². The molecule has 0 spiro atoms. The Morgan fingerprint density at radius 3 is 2.88 bits per heavy atom. The van der Waals surface area contributed by atoms with E-state index in [2.05, 4.69) is 15.9 Å². The van der Waals surface area contributed by atoms with E-state index in [0.29, 0.717) is 6.42 Å². The van der Waals surface area contributed by atoms with Gasteiger partial charge in [0.15, 0.2) is 0 Å². The molecule has 0 aromatic heterocycles. The van der Waals surface area contributed by atoms with Crippen LogP contribution in [-0.4, -0.2) is 23.9 Å². The van der Waals surface area contributed by atoms with Gasteiger partial charge < -0.3 is 4.90 Å². The summed E-state index contributed by atoms with van der Waals surface area (Å²) < 4.78 is 0.953. The van der Waals surface area contributed by atoms with E-state index >= 15 is 0 Å². The summed E-state index contributed by atoms with van der Waals surface area (Å²) in [5, 5.41) is 8.71. The number of nitriles is 1. The molecule has 1 aromatic carbocycles. The van der Waals surface area contributed by atoms with Crippen molar-refractivity contribution in [3.8, 4) is 6.07 Å². The maximum Gasteiger partial charge on any atom is 0.227 e. The second-order valence-electron chi connectivity index (χ2n) is 3.62. The van der Waals surface area contributed by atoms with Crippen molar-refractivity contribution in [3.05, 3.63) is 34.3 Å². The van der Waals surface area contributed by atoms with Gasteiger partial charge in [0.05, 0.1) is 12.5 Å². The van der Waals surface area contributed by atoms with E-state index in [0.717, 1.165) is 10.0 Å². The summed E-state index contributed by atoms with van der Waals surface area (Å²) in [5.74, 6) is -0.0489. The van der Waals surface area contributed by atoms with E-state index in [4.69, 9.17) is 5.26 Å². The predicted octanol–water partition coefficient (Wildman–Crippen LogP) is 2.36. The smallest absolute Gasteiger partial charge is 0.227 e. The first-order valence-corrected chi connectivity index (χ1v) is 5.73. The lowest BCUT2D eigenvalue weighted by molar-refractivity contribution is -0.130.